The summed E-state index contributed by atoms with van der Waals surface area (Å²) in [6, 6.07) is 9.90. The fraction of sp³-hybridized carbons (Fsp3) is 0.474. The van der Waals surface area contributed by atoms with E-state index in [2.05, 4.69) is 10.4 Å². The van der Waals surface area contributed by atoms with Crippen molar-refractivity contribution in [3.05, 3.63) is 47.3 Å². The van der Waals surface area contributed by atoms with Gasteiger partial charge in [0.25, 0.3) is 0 Å². The van der Waals surface area contributed by atoms with Crippen molar-refractivity contribution in [2.45, 2.75) is 46.6 Å². The minimum Gasteiger partial charge on any atom is -0.393 e. The topological polar surface area (TPSA) is 67.2 Å². The number of carbonyl (C=O) groups excluding carboxylic acids is 1. The van der Waals surface area contributed by atoms with Crippen molar-refractivity contribution in [1.29, 1.82) is 0 Å². The standard InChI is InChI=1S/C19H27N3O2/c1-13(2)18(23)10-11-20-19(24)12-17-14(3)21-22(15(17)4)16-8-6-5-7-9-16/h5-9,13,18,23H,10-12H2,1-4H3,(H,20,24). The maximum atomic E-state index is 12.2. The lowest BCUT2D eigenvalue weighted by molar-refractivity contribution is -0.120. The molecule has 0 fully saturated rings. The molecule has 24 heavy (non-hydrogen) atoms. The van der Waals surface area contributed by atoms with Crippen LogP contribution in [0.2, 0.25) is 0 Å². The number of para-hydroxylation sites is 1. The maximum Gasteiger partial charge on any atom is 0.224 e. The number of nitrogens with one attached hydrogen (secondary N) is 1. The molecule has 2 rings (SSSR count). The van der Waals surface area contributed by atoms with Crippen LogP contribution in [0.4, 0.5) is 0 Å². The lowest BCUT2D eigenvalue weighted by Crippen LogP contribution is -2.30. The van der Waals surface area contributed by atoms with Gasteiger partial charge in [-0.25, -0.2) is 4.68 Å². The third-order valence-corrected chi connectivity index (χ3v) is 4.31. The van der Waals surface area contributed by atoms with Crippen molar-refractivity contribution < 1.29 is 9.90 Å². The van der Waals surface area contributed by atoms with Crippen LogP contribution in [0.3, 0.4) is 0 Å². The molecule has 0 bridgehead atoms. The van der Waals surface area contributed by atoms with Gasteiger partial charge in [-0.05, 0) is 38.3 Å². The summed E-state index contributed by atoms with van der Waals surface area (Å²) < 4.78 is 1.88. The lowest BCUT2D eigenvalue weighted by atomic mass is 10.0. The molecule has 5 nitrogen and oxygen atoms in total. The van der Waals surface area contributed by atoms with E-state index in [-0.39, 0.29) is 17.9 Å². The molecule has 1 unspecified atom stereocenters. The van der Waals surface area contributed by atoms with E-state index in [9.17, 15) is 9.90 Å². The van der Waals surface area contributed by atoms with Gasteiger partial charge in [0, 0.05) is 17.8 Å². The number of aliphatic hydroxyl groups is 1. The Labute approximate surface area is 143 Å². The number of hydrogen-bond acceptors (Lipinski definition) is 3. The number of hydrogen-bond donors (Lipinski definition) is 2. The second-order valence-corrected chi connectivity index (χ2v) is 6.52. The van der Waals surface area contributed by atoms with Crippen molar-refractivity contribution in [2.75, 3.05) is 6.54 Å². The fourth-order valence-corrected chi connectivity index (χ4v) is 2.67. The van der Waals surface area contributed by atoms with E-state index in [1.165, 1.54) is 0 Å². The van der Waals surface area contributed by atoms with Gasteiger partial charge in [0.05, 0.1) is 23.9 Å². The van der Waals surface area contributed by atoms with Gasteiger partial charge in [0.2, 0.25) is 5.91 Å². The Kier molecular flexibility index (Phi) is 6.15. The summed E-state index contributed by atoms with van der Waals surface area (Å²) in [7, 11) is 0. The highest BCUT2D eigenvalue weighted by molar-refractivity contribution is 5.79. The van der Waals surface area contributed by atoms with Gasteiger partial charge in [-0.1, -0.05) is 32.0 Å². The SMILES string of the molecule is Cc1nn(-c2ccccc2)c(C)c1CC(=O)NCCC(O)C(C)C. The Bertz CT molecular complexity index is 677. The largest absolute Gasteiger partial charge is 0.393 e. The molecule has 1 aromatic carbocycles. The summed E-state index contributed by atoms with van der Waals surface area (Å²) >= 11 is 0. The second-order valence-electron chi connectivity index (χ2n) is 6.52. The minimum atomic E-state index is -0.380. The summed E-state index contributed by atoms with van der Waals surface area (Å²) in [5, 5.41) is 17.2. The summed E-state index contributed by atoms with van der Waals surface area (Å²) in [4.78, 5) is 12.2. The van der Waals surface area contributed by atoms with Crippen LogP contribution in [0.1, 0.15) is 37.2 Å². The van der Waals surface area contributed by atoms with E-state index in [0.717, 1.165) is 22.6 Å². The van der Waals surface area contributed by atoms with Crippen LogP contribution in [0.15, 0.2) is 30.3 Å². The molecule has 0 spiro atoms. The normalized spacial score (nSPS) is 12.4. The van der Waals surface area contributed by atoms with E-state index >= 15 is 0 Å². The molecule has 5 heteroatoms. The zero-order valence-electron chi connectivity index (χ0n) is 14.9. The summed E-state index contributed by atoms with van der Waals surface area (Å²) in [5.74, 6) is 0.167. The van der Waals surface area contributed by atoms with Crippen LogP contribution in [-0.4, -0.2) is 33.4 Å². The van der Waals surface area contributed by atoms with Gasteiger partial charge in [-0.3, -0.25) is 4.79 Å². The molecule has 130 valence electrons. The molecule has 0 saturated carbocycles. The average Bonchev–Trinajstić information content (AvgIpc) is 2.83. The number of rotatable bonds is 7. The summed E-state index contributed by atoms with van der Waals surface area (Å²) in [6.07, 6.45) is 0.502. The average molecular weight is 329 g/mol. The van der Waals surface area contributed by atoms with E-state index in [4.69, 9.17) is 0 Å². The van der Waals surface area contributed by atoms with Crippen LogP contribution in [0.5, 0.6) is 0 Å². The van der Waals surface area contributed by atoms with Crippen molar-refractivity contribution in [2.24, 2.45) is 5.92 Å². The van der Waals surface area contributed by atoms with Gasteiger partial charge in [0.15, 0.2) is 0 Å². The second kappa shape index (κ2) is 8.11. The zero-order valence-corrected chi connectivity index (χ0v) is 14.9. The first-order valence-corrected chi connectivity index (χ1v) is 8.45. The number of aryl methyl sites for hydroxylation is 1. The molecule has 0 aliphatic heterocycles. The summed E-state index contributed by atoms with van der Waals surface area (Å²) in [6.45, 7) is 8.34. The lowest BCUT2D eigenvalue weighted by Gasteiger charge is -2.14. The van der Waals surface area contributed by atoms with Crippen LogP contribution >= 0.6 is 0 Å². The molecule has 2 N–H and O–H groups in total. The first-order chi connectivity index (χ1) is 11.4. The molecule has 0 radical (unpaired) electrons. The monoisotopic (exact) mass is 329 g/mol. The Morgan fingerprint density at radius 1 is 1.25 bits per heavy atom. The van der Waals surface area contributed by atoms with Gasteiger partial charge < -0.3 is 10.4 Å². The Morgan fingerprint density at radius 2 is 1.92 bits per heavy atom. The molecular weight excluding hydrogens is 302 g/mol. The molecular formula is C19H27N3O2. The molecule has 0 aliphatic carbocycles. The molecule has 1 atom stereocenters. The zero-order chi connectivity index (χ0) is 17.7. The predicted octanol–water partition coefficient (Wildman–Crippen LogP) is 2.55. The van der Waals surface area contributed by atoms with E-state index in [1.807, 2.05) is 62.7 Å². The fourth-order valence-electron chi connectivity index (χ4n) is 2.67. The number of nitrogens with zero attached hydrogens (tertiary/aromatic N) is 2. The van der Waals surface area contributed by atoms with E-state index in [1.54, 1.807) is 0 Å². The molecule has 1 aromatic heterocycles. The Balaban J connectivity index is 2.00. The third-order valence-electron chi connectivity index (χ3n) is 4.31. The number of carbonyl (C=O) groups is 1. The van der Waals surface area contributed by atoms with E-state index < -0.39 is 0 Å². The summed E-state index contributed by atoms with van der Waals surface area (Å²) in [5.41, 5.74) is 3.80. The molecule has 0 saturated heterocycles. The first-order valence-electron chi connectivity index (χ1n) is 8.45. The van der Waals surface area contributed by atoms with Crippen molar-refractivity contribution >= 4 is 5.91 Å². The van der Waals surface area contributed by atoms with Gasteiger partial charge >= 0.3 is 0 Å². The van der Waals surface area contributed by atoms with Crippen LogP contribution < -0.4 is 5.32 Å². The Hall–Kier alpha value is -2.14. The molecule has 1 heterocycles. The number of aliphatic hydroxyl groups excluding tert-OH is 1. The predicted molar refractivity (Wildman–Crippen MR) is 95.2 cm³/mol. The third kappa shape index (κ3) is 4.45. The first kappa shape index (κ1) is 18.2. The van der Waals surface area contributed by atoms with Crippen molar-refractivity contribution in [3.8, 4) is 5.69 Å². The van der Waals surface area contributed by atoms with Gasteiger partial charge in [-0.2, -0.15) is 5.10 Å². The number of amides is 1. The number of benzene rings is 1. The minimum absolute atomic E-state index is 0.0373. The van der Waals surface area contributed by atoms with E-state index in [0.29, 0.717) is 19.4 Å². The van der Waals surface area contributed by atoms with Gasteiger partial charge in [-0.15, -0.1) is 0 Å². The highest BCUT2D eigenvalue weighted by Crippen LogP contribution is 2.18. The van der Waals surface area contributed by atoms with Gasteiger partial charge in [0.1, 0.15) is 0 Å². The quantitative estimate of drug-likeness (QED) is 0.820. The molecule has 0 aliphatic rings. The smallest absolute Gasteiger partial charge is 0.224 e. The maximum absolute atomic E-state index is 12.2. The van der Waals surface area contributed by atoms with Crippen LogP contribution in [-0.2, 0) is 11.2 Å². The molecule has 1 amide bonds. The molecule has 2 aromatic rings. The highest BCUT2D eigenvalue weighted by Gasteiger charge is 2.16. The van der Waals surface area contributed by atoms with Crippen LogP contribution in [0.25, 0.3) is 5.69 Å². The van der Waals surface area contributed by atoms with Crippen molar-refractivity contribution in [3.63, 3.8) is 0 Å². The van der Waals surface area contributed by atoms with Crippen molar-refractivity contribution in [1.82, 2.24) is 15.1 Å². The highest BCUT2D eigenvalue weighted by atomic mass is 16.3. The Morgan fingerprint density at radius 3 is 2.54 bits per heavy atom. The van der Waals surface area contributed by atoms with Crippen LogP contribution in [0, 0.1) is 19.8 Å². The number of aromatic nitrogens is 2.